The third kappa shape index (κ3) is 3.17. The smallest absolute Gasteiger partial charge is 0.269 e. The van der Waals surface area contributed by atoms with Gasteiger partial charge < -0.3 is 0 Å². The Kier molecular flexibility index (Phi) is 4.88. The van der Waals surface area contributed by atoms with Crippen LogP contribution >= 0.6 is 46.4 Å². The highest BCUT2D eigenvalue weighted by atomic mass is 35.5. The average molecular weight is 401 g/mol. The number of carbonyl (C=O) groups is 2. The zero-order valence-corrected chi connectivity index (χ0v) is 15.0. The van der Waals surface area contributed by atoms with E-state index in [0.717, 1.165) is 4.90 Å². The lowest BCUT2D eigenvalue weighted by atomic mass is 10.1. The summed E-state index contributed by atoms with van der Waals surface area (Å²) in [6.07, 6.45) is 0. The van der Waals surface area contributed by atoms with Gasteiger partial charge in [0.15, 0.2) is 0 Å². The molecule has 0 aromatic heterocycles. The first-order chi connectivity index (χ1) is 11.4. The Hall–Kier alpha value is -1.52. The highest BCUT2D eigenvalue weighted by Crippen LogP contribution is 2.33. The third-order valence-corrected chi connectivity index (χ3v) is 4.91. The Labute approximate surface area is 158 Å². The van der Waals surface area contributed by atoms with Crippen molar-refractivity contribution in [2.75, 3.05) is 0 Å². The molecule has 2 aromatic rings. The summed E-state index contributed by atoms with van der Waals surface area (Å²) in [4.78, 5) is 26.1. The molecule has 0 radical (unpaired) electrons. The SMILES string of the molecule is O=C1C(Cl)=C(c2ccc(Cl)cc2)C(=O)N1Cc1ccc(Cl)c(Cl)c1. The summed E-state index contributed by atoms with van der Waals surface area (Å²) in [7, 11) is 0. The number of rotatable bonds is 3. The lowest BCUT2D eigenvalue weighted by molar-refractivity contribution is -0.137. The number of carbonyl (C=O) groups excluding carboxylic acids is 2. The molecule has 0 saturated heterocycles. The maximum absolute atomic E-state index is 12.6. The van der Waals surface area contributed by atoms with Gasteiger partial charge in [-0.3, -0.25) is 14.5 Å². The Bertz CT molecular complexity index is 875. The molecule has 2 amide bonds. The van der Waals surface area contributed by atoms with Crippen LogP contribution in [0.15, 0.2) is 47.5 Å². The molecule has 7 heteroatoms. The maximum Gasteiger partial charge on any atom is 0.273 e. The van der Waals surface area contributed by atoms with Gasteiger partial charge in [-0.15, -0.1) is 0 Å². The van der Waals surface area contributed by atoms with Crippen LogP contribution in [0.5, 0.6) is 0 Å². The highest BCUT2D eigenvalue weighted by molar-refractivity contribution is 6.55. The Morgan fingerprint density at radius 3 is 2.08 bits per heavy atom. The Morgan fingerprint density at radius 2 is 1.46 bits per heavy atom. The molecule has 122 valence electrons. The maximum atomic E-state index is 12.6. The topological polar surface area (TPSA) is 37.4 Å². The minimum atomic E-state index is -0.544. The summed E-state index contributed by atoms with van der Waals surface area (Å²) < 4.78 is 0. The molecule has 1 aliphatic rings. The fraction of sp³-hybridized carbons (Fsp3) is 0.0588. The van der Waals surface area contributed by atoms with Crippen LogP contribution in [0.2, 0.25) is 15.1 Å². The molecule has 0 spiro atoms. The molecule has 1 aliphatic heterocycles. The fourth-order valence-electron chi connectivity index (χ4n) is 2.38. The molecule has 2 aromatic carbocycles. The van der Waals surface area contributed by atoms with E-state index in [9.17, 15) is 9.59 Å². The van der Waals surface area contributed by atoms with Gasteiger partial charge in [-0.25, -0.2) is 0 Å². The van der Waals surface area contributed by atoms with Crippen molar-refractivity contribution < 1.29 is 9.59 Å². The van der Waals surface area contributed by atoms with Crippen molar-refractivity contribution in [2.24, 2.45) is 0 Å². The van der Waals surface area contributed by atoms with Crippen molar-refractivity contribution in [3.05, 3.63) is 73.7 Å². The first-order valence-electron chi connectivity index (χ1n) is 6.84. The van der Waals surface area contributed by atoms with Crippen LogP contribution in [0.25, 0.3) is 5.57 Å². The molecular weight excluding hydrogens is 392 g/mol. The van der Waals surface area contributed by atoms with Crippen molar-refractivity contribution in [3.63, 3.8) is 0 Å². The van der Waals surface area contributed by atoms with Crippen LogP contribution in [0.3, 0.4) is 0 Å². The molecule has 3 nitrogen and oxygen atoms in total. The zero-order chi connectivity index (χ0) is 17.4. The molecular formula is C17H9Cl4NO2. The summed E-state index contributed by atoms with van der Waals surface area (Å²) >= 11 is 23.8. The number of amides is 2. The van der Waals surface area contributed by atoms with E-state index in [4.69, 9.17) is 46.4 Å². The van der Waals surface area contributed by atoms with Gasteiger partial charge in [-0.2, -0.15) is 0 Å². The van der Waals surface area contributed by atoms with Gasteiger partial charge in [0.2, 0.25) is 0 Å². The Balaban J connectivity index is 1.90. The molecule has 0 aliphatic carbocycles. The van der Waals surface area contributed by atoms with Crippen molar-refractivity contribution in [1.29, 1.82) is 0 Å². The standard InChI is InChI=1S/C17H9Cl4NO2/c18-11-4-2-10(3-5-11)14-15(21)17(24)22(16(14)23)8-9-1-6-12(19)13(20)7-9/h1-7H,8H2. The summed E-state index contributed by atoms with van der Waals surface area (Å²) in [5.41, 5.74) is 1.38. The molecule has 1 heterocycles. The zero-order valence-electron chi connectivity index (χ0n) is 12.0. The molecule has 0 unspecified atom stereocenters. The predicted molar refractivity (Wildman–Crippen MR) is 96.2 cm³/mol. The van der Waals surface area contributed by atoms with E-state index in [2.05, 4.69) is 0 Å². The number of hydrogen-bond donors (Lipinski definition) is 0. The van der Waals surface area contributed by atoms with Crippen LogP contribution in [0.4, 0.5) is 0 Å². The third-order valence-electron chi connectivity index (χ3n) is 3.57. The van der Waals surface area contributed by atoms with E-state index in [-0.39, 0.29) is 17.2 Å². The van der Waals surface area contributed by atoms with Crippen LogP contribution in [-0.2, 0) is 16.1 Å². The average Bonchev–Trinajstić information content (AvgIpc) is 2.76. The van der Waals surface area contributed by atoms with E-state index in [0.29, 0.717) is 26.2 Å². The molecule has 0 atom stereocenters. The second-order valence-electron chi connectivity index (χ2n) is 5.14. The van der Waals surface area contributed by atoms with E-state index in [1.54, 1.807) is 42.5 Å². The van der Waals surface area contributed by atoms with E-state index in [1.165, 1.54) is 0 Å². The predicted octanol–water partition coefficient (Wildman–Crippen LogP) is 5.17. The van der Waals surface area contributed by atoms with Gasteiger partial charge >= 0.3 is 0 Å². The summed E-state index contributed by atoms with van der Waals surface area (Å²) in [5.74, 6) is -1.00. The van der Waals surface area contributed by atoms with Crippen LogP contribution in [0, 0.1) is 0 Å². The van der Waals surface area contributed by atoms with Crippen LogP contribution in [-0.4, -0.2) is 16.7 Å². The summed E-state index contributed by atoms with van der Waals surface area (Å²) in [5, 5.41) is 1.17. The highest BCUT2D eigenvalue weighted by Gasteiger charge is 2.38. The first kappa shape index (κ1) is 17.3. The van der Waals surface area contributed by atoms with E-state index >= 15 is 0 Å². The monoisotopic (exact) mass is 399 g/mol. The second-order valence-corrected chi connectivity index (χ2v) is 6.77. The number of benzene rings is 2. The number of imide groups is 1. The van der Waals surface area contributed by atoms with E-state index in [1.807, 2.05) is 0 Å². The normalized spacial score (nSPS) is 14.8. The van der Waals surface area contributed by atoms with Crippen molar-refractivity contribution in [1.82, 2.24) is 4.90 Å². The minimum Gasteiger partial charge on any atom is -0.269 e. The van der Waals surface area contributed by atoms with Gasteiger partial charge in [-0.1, -0.05) is 64.6 Å². The molecule has 0 saturated carbocycles. The number of hydrogen-bond acceptors (Lipinski definition) is 2. The van der Waals surface area contributed by atoms with Gasteiger partial charge in [0, 0.05) is 5.02 Å². The first-order valence-corrected chi connectivity index (χ1v) is 8.35. The molecule has 24 heavy (non-hydrogen) atoms. The molecule has 0 N–H and O–H groups in total. The van der Waals surface area contributed by atoms with Gasteiger partial charge in [0.25, 0.3) is 11.8 Å². The molecule has 3 rings (SSSR count). The molecule has 0 fully saturated rings. The van der Waals surface area contributed by atoms with Gasteiger partial charge in [0.1, 0.15) is 5.03 Å². The Morgan fingerprint density at radius 1 is 0.792 bits per heavy atom. The van der Waals surface area contributed by atoms with Crippen LogP contribution in [0.1, 0.15) is 11.1 Å². The lowest BCUT2D eigenvalue weighted by Gasteiger charge is -2.15. The number of nitrogens with zero attached hydrogens (tertiary/aromatic N) is 1. The van der Waals surface area contributed by atoms with E-state index < -0.39 is 11.8 Å². The minimum absolute atomic E-state index is 0.0574. The van der Waals surface area contributed by atoms with Gasteiger partial charge in [-0.05, 0) is 35.4 Å². The fourth-order valence-corrected chi connectivity index (χ4v) is 3.12. The number of halogens is 4. The quantitative estimate of drug-likeness (QED) is 0.666. The van der Waals surface area contributed by atoms with Crippen molar-refractivity contribution in [2.45, 2.75) is 6.54 Å². The second kappa shape index (κ2) is 6.77. The largest absolute Gasteiger partial charge is 0.273 e. The summed E-state index contributed by atoms with van der Waals surface area (Å²) in [6.45, 7) is 0.0574. The lowest BCUT2D eigenvalue weighted by Crippen LogP contribution is -2.30. The van der Waals surface area contributed by atoms with Crippen molar-refractivity contribution >= 4 is 63.8 Å². The van der Waals surface area contributed by atoms with Gasteiger partial charge in [0.05, 0.1) is 22.2 Å². The summed E-state index contributed by atoms with van der Waals surface area (Å²) in [6, 6.07) is 11.5. The van der Waals surface area contributed by atoms with Crippen molar-refractivity contribution in [3.8, 4) is 0 Å². The molecule has 0 bridgehead atoms. The van der Waals surface area contributed by atoms with Crippen LogP contribution < -0.4 is 0 Å².